The lowest BCUT2D eigenvalue weighted by Crippen LogP contribution is -2.32. The van der Waals surface area contributed by atoms with Gasteiger partial charge in [-0.15, -0.1) is 11.3 Å². The molecule has 3 rings (SSSR count). The SMILES string of the molecule is Cc1ncc(CN2CCC[C@H](N(C)Cc3ccccn3)CC2)s1. The normalized spacial score (nSPS) is 19.9. The zero-order chi connectivity index (χ0) is 16.1. The van der Waals surface area contributed by atoms with Gasteiger partial charge in [0.1, 0.15) is 0 Å². The molecule has 0 unspecified atom stereocenters. The van der Waals surface area contributed by atoms with Crippen LogP contribution >= 0.6 is 11.3 Å². The molecule has 0 aliphatic carbocycles. The highest BCUT2D eigenvalue weighted by atomic mass is 32.1. The molecule has 1 aliphatic rings. The molecule has 3 heterocycles. The summed E-state index contributed by atoms with van der Waals surface area (Å²) in [5, 5.41) is 1.17. The third-order valence-corrected chi connectivity index (χ3v) is 5.50. The molecule has 0 aromatic carbocycles. The minimum Gasteiger partial charge on any atom is -0.298 e. The van der Waals surface area contributed by atoms with E-state index in [4.69, 9.17) is 0 Å². The second-order valence-electron chi connectivity index (χ2n) is 6.44. The van der Waals surface area contributed by atoms with Gasteiger partial charge in [0, 0.05) is 42.9 Å². The number of aromatic nitrogens is 2. The van der Waals surface area contributed by atoms with E-state index in [1.165, 1.54) is 42.2 Å². The van der Waals surface area contributed by atoms with E-state index >= 15 is 0 Å². The first kappa shape index (κ1) is 16.6. The topological polar surface area (TPSA) is 32.3 Å². The van der Waals surface area contributed by atoms with E-state index in [1.807, 2.05) is 29.8 Å². The van der Waals surface area contributed by atoms with Crippen LogP contribution in [0.25, 0.3) is 0 Å². The number of pyridine rings is 1. The van der Waals surface area contributed by atoms with Crippen LogP contribution in [0.4, 0.5) is 0 Å². The number of nitrogens with zero attached hydrogens (tertiary/aromatic N) is 4. The van der Waals surface area contributed by atoms with Gasteiger partial charge in [-0.2, -0.15) is 0 Å². The van der Waals surface area contributed by atoms with Crippen molar-refractivity contribution in [3.8, 4) is 0 Å². The third-order valence-electron chi connectivity index (χ3n) is 4.60. The molecule has 1 saturated heterocycles. The van der Waals surface area contributed by atoms with Crippen LogP contribution in [0.1, 0.15) is 34.8 Å². The Morgan fingerprint density at radius 1 is 1.26 bits per heavy atom. The van der Waals surface area contributed by atoms with Crippen molar-refractivity contribution in [3.05, 3.63) is 46.2 Å². The summed E-state index contributed by atoms with van der Waals surface area (Å²) in [6.07, 6.45) is 7.71. The minimum absolute atomic E-state index is 0.658. The number of thiazole rings is 1. The van der Waals surface area contributed by atoms with E-state index in [9.17, 15) is 0 Å². The van der Waals surface area contributed by atoms with Gasteiger partial charge in [-0.05, 0) is 51.9 Å². The zero-order valence-corrected chi connectivity index (χ0v) is 14.9. The maximum Gasteiger partial charge on any atom is 0.0897 e. The van der Waals surface area contributed by atoms with Crippen LogP contribution in [-0.2, 0) is 13.1 Å². The van der Waals surface area contributed by atoms with Crippen LogP contribution in [0.2, 0.25) is 0 Å². The summed E-state index contributed by atoms with van der Waals surface area (Å²) < 4.78 is 0. The van der Waals surface area contributed by atoms with Gasteiger partial charge in [-0.3, -0.25) is 14.8 Å². The fourth-order valence-corrected chi connectivity index (χ4v) is 4.15. The predicted octanol–water partition coefficient (Wildman–Crippen LogP) is 3.33. The number of likely N-dealkylation sites (tertiary alicyclic amines) is 1. The molecule has 1 aliphatic heterocycles. The first-order valence-corrected chi connectivity index (χ1v) is 9.26. The molecule has 0 radical (unpaired) electrons. The largest absolute Gasteiger partial charge is 0.298 e. The number of aryl methyl sites for hydroxylation is 1. The van der Waals surface area contributed by atoms with Crippen LogP contribution in [0.3, 0.4) is 0 Å². The first-order chi connectivity index (χ1) is 11.2. The van der Waals surface area contributed by atoms with Crippen molar-refractivity contribution in [2.24, 2.45) is 0 Å². The summed E-state index contributed by atoms with van der Waals surface area (Å²) in [6.45, 7) is 6.46. The summed E-state index contributed by atoms with van der Waals surface area (Å²) in [5.74, 6) is 0. The Balaban J connectivity index is 1.51. The fourth-order valence-electron chi connectivity index (χ4n) is 3.31. The van der Waals surface area contributed by atoms with Gasteiger partial charge in [0.2, 0.25) is 0 Å². The summed E-state index contributed by atoms with van der Waals surface area (Å²) >= 11 is 1.83. The molecule has 0 spiro atoms. The maximum absolute atomic E-state index is 4.45. The van der Waals surface area contributed by atoms with Gasteiger partial charge in [0.25, 0.3) is 0 Å². The average Bonchev–Trinajstić information content (AvgIpc) is 2.82. The highest BCUT2D eigenvalue weighted by Crippen LogP contribution is 2.20. The van der Waals surface area contributed by atoms with E-state index in [-0.39, 0.29) is 0 Å². The Morgan fingerprint density at radius 3 is 2.91 bits per heavy atom. The van der Waals surface area contributed by atoms with Gasteiger partial charge in [-0.25, -0.2) is 4.98 Å². The molecule has 4 nitrogen and oxygen atoms in total. The minimum atomic E-state index is 0.658. The molecular weight excluding hydrogens is 304 g/mol. The highest BCUT2D eigenvalue weighted by Gasteiger charge is 2.21. The van der Waals surface area contributed by atoms with Crippen molar-refractivity contribution in [2.75, 3.05) is 20.1 Å². The van der Waals surface area contributed by atoms with Crippen molar-refractivity contribution < 1.29 is 0 Å². The van der Waals surface area contributed by atoms with Gasteiger partial charge < -0.3 is 0 Å². The van der Waals surface area contributed by atoms with Gasteiger partial charge >= 0.3 is 0 Å². The van der Waals surface area contributed by atoms with Crippen molar-refractivity contribution >= 4 is 11.3 Å². The zero-order valence-electron chi connectivity index (χ0n) is 14.1. The monoisotopic (exact) mass is 330 g/mol. The Hall–Kier alpha value is -1.30. The van der Waals surface area contributed by atoms with Crippen molar-refractivity contribution in [1.29, 1.82) is 0 Å². The van der Waals surface area contributed by atoms with E-state index in [1.54, 1.807) is 0 Å². The Morgan fingerprint density at radius 2 is 2.17 bits per heavy atom. The molecular formula is C18H26N4S. The number of hydrogen-bond donors (Lipinski definition) is 0. The van der Waals surface area contributed by atoms with Crippen molar-refractivity contribution in [3.63, 3.8) is 0 Å². The lowest BCUT2D eigenvalue weighted by atomic mass is 10.1. The van der Waals surface area contributed by atoms with Crippen molar-refractivity contribution in [2.45, 2.75) is 45.3 Å². The first-order valence-electron chi connectivity index (χ1n) is 8.44. The lowest BCUT2D eigenvalue weighted by Gasteiger charge is -2.27. The molecule has 0 saturated carbocycles. The number of rotatable bonds is 5. The molecule has 0 amide bonds. The fraction of sp³-hybridized carbons (Fsp3) is 0.556. The lowest BCUT2D eigenvalue weighted by molar-refractivity contribution is 0.204. The summed E-state index contributed by atoms with van der Waals surface area (Å²) in [4.78, 5) is 15.3. The van der Waals surface area contributed by atoms with E-state index < -0.39 is 0 Å². The van der Waals surface area contributed by atoms with Gasteiger partial charge in [0.05, 0.1) is 10.7 Å². The van der Waals surface area contributed by atoms with Crippen LogP contribution in [0.15, 0.2) is 30.6 Å². The summed E-state index contributed by atoms with van der Waals surface area (Å²) in [5.41, 5.74) is 1.16. The highest BCUT2D eigenvalue weighted by molar-refractivity contribution is 7.11. The second-order valence-corrected chi connectivity index (χ2v) is 7.76. The molecule has 2 aromatic heterocycles. The Labute approximate surface area is 143 Å². The Bertz CT molecular complexity index is 598. The van der Waals surface area contributed by atoms with Crippen molar-refractivity contribution in [1.82, 2.24) is 19.8 Å². The van der Waals surface area contributed by atoms with Crippen LogP contribution in [0, 0.1) is 6.92 Å². The molecule has 5 heteroatoms. The molecule has 0 bridgehead atoms. The van der Waals surface area contributed by atoms with Crippen LogP contribution in [-0.4, -0.2) is 45.9 Å². The van der Waals surface area contributed by atoms with E-state index in [2.05, 4.69) is 45.9 Å². The molecule has 23 heavy (non-hydrogen) atoms. The van der Waals surface area contributed by atoms with Gasteiger partial charge in [-0.1, -0.05) is 6.07 Å². The summed E-state index contributed by atoms with van der Waals surface area (Å²) in [6, 6.07) is 6.83. The van der Waals surface area contributed by atoms with Crippen LogP contribution in [0.5, 0.6) is 0 Å². The molecule has 1 fully saturated rings. The molecule has 1 atom stereocenters. The van der Waals surface area contributed by atoms with E-state index in [0.717, 1.165) is 18.8 Å². The number of hydrogen-bond acceptors (Lipinski definition) is 5. The smallest absolute Gasteiger partial charge is 0.0897 e. The predicted molar refractivity (Wildman–Crippen MR) is 95.5 cm³/mol. The summed E-state index contributed by atoms with van der Waals surface area (Å²) in [7, 11) is 2.24. The molecule has 2 aromatic rings. The quantitative estimate of drug-likeness (QED) is 0.842. The third kappa shape index (κ3) is 4.83. The molecule has 124 valence electrons. The molecule has 0 N–H and O–H groups in total. The van der Waals surface area contributed by atoms with Gasteiger partial charge in [0.15, 0.2) is 0 Å². The van der Waals surface area contributed by atoms with Crippen LogP contribution < -0.4 is 0 Å². The average molecular weight is 331 g/mol. The Kier molecular flexibility index (Phi) is 5.75. The standard InChI is InChI=1S/C18H26N4S/c1-15-20-12-18(23-15)14-22-10-5-7-17(8-11-22)21(2)13-16-6-3-4-9-19-16/h3-4,6,9,12,17H,5,7-8,10-11,13-14H2,1-2H3/t17-/m0/s1. The maximum atomic E-state index is 4.45. The second kappa shape index (κ2) is 7.99. The van der Waals surface area contributed by atoms with E-state index in [0.29, 0.717) is 6.04 Å².